The fraction of sp³-hybridized carbons (Fsp3) is 0.333. The molecule has 5 rings (SSSR count). The summed E-state index contributed by atoms with van der Waals surface area (Å²) in [7, 11) is 6.11. The minimum Gasteiger partial charge on any atom is -0.494 e. The number of rotatable bonds is 6. The third-order valence-corrected chi connectivity index (χ3v) is 5.80. The number of imide groups is 1. The first-order valence-electron chi connectivity index (χ1n) is 10.8. The predicted molar refractivity (Wildman–Crippen MR) is 124 cm³/mol. The Kier molecular flexibility index (Phi) is 6.91. The van der Waals surface area contributed by atoms with E-state index in [1.165, 1.54) is 24.1 Å². The Labute approximate surface area is 205 Å². The minimum absolute atomic E-state index is 0.0520. The van der Waals surface area contributed by atoms with Crippen LogP contribution in [-0.4, -0.2) is 62.7 Å². The number of aromatic nitrogens is 1. The largest absolute Gasteiger partial charge is 0.494 e. The van der Waals surface area contributed by atoms with Crippen LogP contribution in [0, 0.1) is 5.82 Å². The lowest BCUT2D eigenvalue weighted by molar-refractivity contribution is -0.125. The van der Waals surface area contributed by atoms with Gasteiger partial charge < -0.3 is 28.8 Å². The molecule has 2 aromatic heterocycles. The highest BCUT2D eigenvalue weighted by Crippen LogP contribution is 2.36. The lowest BCUT2D eigenvalue weighted by Gasteiger charge is -2.28. The van der Waals surface area contributed by atoms with Gasteiger partial charge in [0.25, 0.3) is 11.8 Å². The zero-order chi connectivity index (χ0) is 26.0. The average Bonchev–Trinajstić information content (AvgIpc) is 3.49. The number of amides is 4. The molecule has 12 heteroatoms. The Hall–Kier alpha value is -4.03. The van der Waals surface area contributed by atoms with Gasteiger partial charge in [-0.25, -0.2) is 9.18 Å². The van der Waals surface area contributed by atoms with Gasteiger partial charge in [-0.2, -0.15) is 0 Å². The number of benzene rings is 1. The number of carbonyl (C=O) groups is 3. The van der Waals surface area contributed by atoms with Crippen LogP contribution < -0.4 is 15.4 Å². The van der Waals surface area contributed by atoms with Gasteiger partial charge in [0, 0.05) is 40.1 Å². The highest BCUT2D eigenvalue weighted by Gasteiger charge is 2.53. The highest BCUT2D eigenvalue weighted by atomic mass is 19.1. The summed E-state index contributed by atoms with van der Waals surface area (Å²) in [5.74, 6) is -2.03. The van der Waals surface area contributed by atoms with Gasteiger partial charge in [0.1, 0.15) is 11.3 Å². The molecule has 11 nitrogen and oxygen atoms in total. The summed E-state index contributed by atoms with van der Waals surface area (Å²) in [5, 5.41) is 4.79. The van der Waals surface area contributed by atoms with E-state index in [4.69, 9.17) is 13.9 Å². The highest BCUT2D eigenvalue weighted by molar-refractivity contribution is 6.08. The molecule has 1 atom stereocenters. The van der Waals surface area contributed by atoms with E-state index < -0.39 is 29.2 Å². The summed E-state index contributed by atoms with van der Waals surface area (Å²) in [5.41, 5.74) is 0.231. The molecular formula is C24H25FN4O7. The third kappa shape index (κ3) is 4.25. The number of nitrogens with one attached hydrogen (secondary N) is 2. The Morgan fingerprint density at radius 3 is 2.56 bits per heavy atom. The smallest absolute Gasteiger partial charge is 0.322 e. The maximum atomic E-state index is 14.8. The number of furan rings is 1. The molecule has 0 bridgehead atoms. The van der Waals surface area contributed by atoms with Crippen molar-refractivity contribution < 1.29 is 37.4 Å². The molecule has 2 N–H and O–H groups in total. The summed E-state index contributed by atoms with van der Waals surface area (Å²) in [4.78, 5) is 43.7. The van der Waals surface area contributed by atoms with Crippen molar-refractivity contribution in [2.24, 2.45) is 0 Å². The molecule has 0 unspecified atom stereocenters. The zero-order valence-electron chi connectivity index (χ0n) is 20.1. The number of urea groups is 1. The topological polar surface area (TPSA) is 132 Å². The molecule has 190 valence electrons. The second-order valence-corrected chi connectivity index (χ2v) is 8.27. The van der Waals surface area contributed by atoms with Gasteiger partial charge >= 0.3 is 6.03 Å². The first-order chi connectivity index (χ1) is 17.3. The lowest BCUT2D eigenvalue weighted by Crippen LogP contribution is -2.52. The number of carbonyl (C=O) groups excluding carboxylic acids is 3. The molecule has 0 saturated carbocycles. The van der Waals surface area contributed by atoms with Crippen LogP contribution in [0.4, 0.5) is 9.18 Å². The van der Waals surface area contributed by atoms with Crippen LogP contribution in [0.1, 0.15) is 27.2 Å². The molecule has 1 saturated heterocycles. The van der Waals surface area contributed by atoms with Crippen molar-refractivity contribution in [3.63, 3.8) is 0 Å². The van der Waals surface area contributed by atoms with Crippen LogP contribution >= 0.6 is 0 Å². The zero-order valence-corrected chi connectivity index (χ0v) is 20.1. The first-order valence-corrected chi connectivity index (χ1v) is 10.8. The molecule has 4 amide bonds. The average molecular weight is 500 g/mol. The maximum absolute atomic E-state index is 14.8. The monoisotopic (exact) mass is 500 g/mol. The number of nitrogens with zero attached hydrogens (tertiary/aromatic N) is 2. The van der Waals surface area contributed by atoms with Crippen LogP contribution in [0.3, 0.4) is 0 Å². The molecule has 1 fully saturated rings. The van der Waals surface area contributed by atoms with Gasteiger partial charge in [-0.05, 0) is 23.3 Å². The van der Waals surface area contributed by atoms with E-state index in [-0.39, 0.29) is 30.2 Å². The molecule has 0 aliphatic carbocycles. The summed E-state index contributed by atoms with van der Waals surface area (Å²) >= 11 is 0. The van der Waals surface area contributed by atoms with Crippen LogP contribution in [-0.2, 0) is 33.0 Å². The van der Waals surface area contributed by atoms with E-state index in [1.54, 1.807) is 39.7 Å². The quantitative estimate of drug-likeness (QED) is 0.492. The summed E-state index contributed by atoms with van der Waals surface area (Å²) in [6.45, 7) is 0.0952. The minimum atomic E-state index is -1.71. The van der Waals surface area contributed by atoms with Gasteiger partial charge in [0.2, 0.25) is 0 Å². The number of halogens is 1. The number of hydrogen-bond donors (Lipinski definition) is 2. The van der Waals surface area contributed by atoms with Crippen LogP contribution in [0.15, 0.2) is 34.9 Å². The molecule has 3 aromatic rings. The number of methoxy groups -OCH3 is 3. The van der Waals surface area contributed by atoms with Crippen molar-refractivity contribution in [1.82, 2.24) is 20.5 Å². The molecule has 2 aliphatic rings. The number of fused-ring (bicyclic) bond motifs is 2. The van der Waals surface area contributed by atoms with Gasteiger partial charge in [0.15, 0.2) is 22.7 Å². The molecular weight excluding hydrogens is 475 g/mol. The first kappa shape index (κ1) is 25.1. The van der Waals surface area contributed by atoms with Crippen molar-refractivity contribution >= 4 is 28.9 Å². The third-order valence-electron chi connectivity index (χ3n) is 5.80. The fourth-order valence-electron chi connectivity index (χ4n) is 4.24. The molecule has 0 radical (unpaired) electrons. The van der Waals surface area contributed by atoms with Gasteiger partial charge in [-0.15, -0.1) is 0 Å². The normalized spacial score (nSPS) is 18.6. The van der Waals surface area contributed by atoms with Crippen LogP contribution in [0.5, 0.6) is 5.75 Å². The summed E-state index contributed by atoms with van der Waals surface area (Å²) in [6, 6.07) is 5.56. The SMILES string of the molecule is COC.COCc1cnc2cc([C@]3(CN4Cc5ccc(OC)c(F)c5C4=O)NC(=O)NC3=O)oc2c1. The lowest BCUT2D eigenvalue weighted by atomic mass is 9.95. The Morgan fingerprint density at radius 2 is 1.92 bits per heavy atom. The molecule has 36 heavy (non-hydrogen) atoms. The van der Waals surface area contributed by atoms with E-state index in [0.29, 0.717) is 23.3 Å². The number of ether oxygens (including phenoxy) is 3. The fourth-order valence-corrected chi connectivity index (χ4v) is 4.24. The molecule has 1 aromatic carbocycles. The van der Waals surface area contributed by atoms with Gasteiger partial charge in [-0.3, -0.25) is 19.9 Å². The van der Waals surface area contributed by atoms with E-state index in [2.05, 4.69) is 20.4 Å². The van der Waals surface area contributed by atoms with E-state index in [0.717, 1.165) is 5.56 Å². The second-order valence-electron chi connectivity index (χ2n) is 8.27. The molecule has 0 spiro atoms. The summed E-state index contributed by atoms with van der Waals surface area (Å²) < 4.78 is 35.0. The number of hydrogen-bond acceptors (Lipinski definition) is 8. The van der Waals surface area contributed by atoms with Crippen LogP contribution in [0.25, 0.3) is 11.1 Å². The van der Waals surface area contributed by atoms with Crippen LogP contribution in [0.2, 0.25) is 0 Å². The van der Waals surface area contributed by atoms with E-state index >= 15 is 0 Å². The van der Waals surface area contributed by atoms with Crippen molar-refractivity contribution in [1.29, 1.82) is 0 Å². The predicted octanol–water partition coefficient (Wildman–Crippen LogP) is 2.08. The maximum Gasteiger partial charge on any atom is 0.322 e. The summed E-state index contributed by atoms with van der Waals surface area (Å²) in [6.07, 6.45) is 1.61. The van der Waals surface area contributed by atoms with Crippen molar-refractivity contribution in [2.75, 3.05) is 35.0 Å². The number of pyridine rings is 1. The molecule has 2 aliphatic heterocycles. The standard InChI is InChI=1S/C22H19FN4O6.C2H6O/c1-31-9-11-5-15-13(24-7-11)6-16(33-15)22(20(29)25-21(30)26-22)10-27-8-12-3-4-14(32-2)18(23)17(12)19(27)28;1-3-2/h3-7H,8-10H2,1-2H3,(H2,25,26,29,30);1-2H3/t22-;/m0./s1. The van der Waals surface area contributed by atoms with E-state index in [9.17, 15) is 18.8 Å². The van der Waals surface area contributed by atoms with Crippen molar-refractivity contribution in [2.45, 2.75) is 18.7 Å². The Morgan fingerprint density at radius 1 is 1.17 bits per heavy atom. The van der Waals surface area contributed by atoms with Crippen molar-refractivity contribution in [3.8, 4) is 5.75 Å². The Balaban J connectivity index is 0.000000967. The molecule has 4 heterocycles. The van der Waals surface area contributed by atoms with Crippen molar-refractivity contribution in [3.05, 3.63) is 58.7 Å². The van der Waals surface area contributed by atoms with Gasteiger partial charge in [-0.1, -0.05) is 6.07 Å². The van der Waals surface area contributed by atoms with Gasteiger partial charge in [0.05, 0.1) is 25.8 Å². The van der Waals surface area contributed by atoms with E-state index in [1.807, 2.05) is 0 Å². The Bertz CT molecular complexity index is 1340. The second kappa shape index (κ2) is 9.91.